The lowest BCUT2D eigenvalue weighted by atomic mass is 9.95. The third kappa shape index (κ3) is 3.59. The minimum Gasteiger partial charge on any atom is -0.352 e. The van der Waals surface area contributed by atoms with E-state index in [4.69, 9.17) is 0 Å². The van der Waals surface area contributed by atoms with Crippen molar-refractivity contribution < 1.29 is 9.18 Å². The van der Waals surface area contributed by atoms with Gasteiger partial charge in [-0.15, -0.1) is 0 Å². The molecule has 0 aliphatic carbocycles. The lowest BCUT2D eigenvalue weighted by Gasteiger charge is -2.18. The Kier molecular flexibility index (Phi) is 4.08. The average molecular weight is 288 g/mol. The monoisotopic (exact) mass is 287 g/mol. The zero-order valence-electron chi connectivity index (χ0n) is 9.60. The van der Waals surface area contributed by atoms with Crippen molar-refractivity contribution in [3.8, 4) is 0 Å². The molecule has 1 aromatic carbocycles. The molecule has 0 spiro atoms. The maximum Gasteiger partial charge on any atom is 0.225 e. The highest BCUT2D eigenvalue weighted by atomic mass is 79.9. The molecule has 0 atom stereocenters. The van der Waals surface area contributed by atoms with Crippen molar-refractivity contribution in [1.29, 1.82) is 0 Å². The first-order valence-electron chi connectivity index (χ1n) is 5.03. The summed E-state index contributed by atoms with van der Waals surface area (Å²) in [5.74, 6) is -0.355. The van der Waals surface area contributed by atoms with Crippen molar-refractivity contribution in [3.05, 3.63) is 34.1 Å². The number of carbonyl (C=O) groups excluding carboxylic acids is 1. The Bertz CT molecular complexity index is 398. The molecule has 1 rings (SSSR count). The lowest BCUT2D eigenvalue weighted by molar-refractivity contribution is -0.128. The Labute approximate surface area is 103 Å². The average Bonchev–Trinajstić information content (AvgIpc) is 2.17. The fourth-order valence-electron chi connectivity index (χ4n) is 1.12. The van der Waals surface area contributed by atoms with Crippen LogP contribution in [0.5, 0.6) is 0 Å². The number of hydrogen-bond donors (Lipinski definition) is 1. The first-order chi connectivity index (χ1) is 7.30. The molecule has 0 aliphatic heterocycles. The predicted octanol–water partition coefficient (Wildman–Crippen LogP) is 3.25. The smallest absolute Gasteiger partial charge is 0.225 e. The van der Waals surface area contributed by atoms with Gasteiger partial charge in [-0.3, -0.25) is 4.79 Å². The number of halogens is 2. The summed E-state index contributed by atoms with van der Waals surface area (Å²) >= 11 is 3.31. The number of carbonyl (C=O) groups is 1. The van der Waals surface area contributed by atoms with E-state index in [1.54, 1.807) is 6.07 Å². The Morgan fingerprint density at radius 1 is 1.44 bits per heavy atom. The molecule has 0 radical (unpaired) electrons. The van der Waals surface area contributed by atoms with E-state index >= 15 is 0 Å². The zero-order chi connectivity index (χ0) is 12.3. The van der Waals surface area contributed by atoms with Crippen LogP contribution in [0.1, 0.15) is 26.3 Å². The van der Waals surface area contributed by atoms with Gasteiger partial charge in [0.1, 0.15) is 5.82 Å². The van der Waals surface area contributed by atoms with E-state index in [1.165, 1.54) is 12.1 Å². The van der Waals surface area contributed by atoms with Gasteiger partial charge in [-0.1, -0.05) is 36.7 Å². The SMILES string of the molecule is CC(C)(C)C(=O)NCc1cc(F)ccc1Br. The molecule has 0 unspecified atom stereocenters. The van der Waals surface area contributed by atoms with Gasteiger partial charge in [0.25, 0.3) is 0 Å². The molecule has 0 heterocycles. The summed E-state index contributed by atoms with van der Waals surface area (Å²) in [6.07, 6.45) is 0. The quantitative estimate of drug-likeness (QED) is 0.889. The van der Waals surface area contributed by atoms with E-state index in [2.05, 4.69) is 21.2 Å². The Morgan fingerprint density at radius 3 is 2.62 bits per heavy atom. The zero-order valence-corrected chi connectivity index (χ0v) is 11.2. The van der Waals surface area contributed by atoms with Crippen LogP contribution >= 0.6 is 15.9 Å². The fourth-order valence-corrected chi connectivity index (χ4v) is 1.51. The summed E-state index contributed by atoms with van der Waals surface area (Å²) in [5.41, 5.74) is 0.303. The first kappa shape index (κ1) is 13.2. The minimum absolute atomic E-state index is 0.0522. The van der Waals surface area contributed by atoms with Crippen molar-refractivity contribution in [2.24, 2.45) is 5.41 Å². The van der Waals surface area contributed by atoms with E-state index in [0.29, 0.717) is 6.54 Å². The summed E-state index contributed by atoms with van der Waals surface area (Å²) in [5, 5.41) is 2.77. The van der Waals surface area contributed by atoms with Crippen LogP contribution in [-0.2, 0) is 11.3 Å². The van der Waals surface area contributed by atoms with Crippen molar-refractivity contribution >= 4 is 21.8 Å². The molecule has 0 fully saturated rings. The van der Waals surface area contributed by atoms with Gasteiger partial charge in [-0.25, -0.2) is 4.39 Å². The number of rotatable bonds is 2. The molecule has 0 bridgehead atoms. The van der Waals surface area contributed by atoms with Crippen molar-refractivity contribution in [3.63, 3.8) is 0 Å². The van der Waals surface area contributed by atoms with E-state index in [1.807, 2.05) is 20.8 Å². The standard InChI is InChI=1S/C12H15BrFNO/c1-12(2,3)11(16)15-7-8-6-9(14)4-5-10(8)13/h4-6H,7H2,1-3H3,(H,15,16). The molecule has 1 N–H and O–H groups in total. The number of benzene rings is 1. The molecule has 16 heavy (non-hydrogen) atoms. The van der Waals surface area contributed by atoms with Crippen LogP contribution in [0.4, 0.5) is 4.39 Å². The maximum absolute atomic E-state index is 13.0. The highest BCUT2D eigenvalue weighted by Gasteiger charge is 2.20. The molecule has 0 aliphatic rings. The van der Waals surface area contributed by atoms with E-state index in [-0.39, 0.29) is 11.7 Å². The third-order valence-corrected chi connectivity index (χ3v) is 2.90. The van der Waals surface area contributed by atoms with Crippen molar-refractivity contribution in [2.45, 2.75) is 27.3 Å². The largest absolute Gasteiger partial charge is 0.352 e. The highest BCUT2D eigenvalue weighted by Crippen LogP contribution is 2.18. The fraction of sp³-hybridized carbons (Fsp3) is 0.417. The lowest BCUT2D eigenvalue weighted by Crippen LogP contribution is -2.34. The number of hydrogen-bond acceptors (Lipinski definition) is 1. The number of nitrogens with one attached hydrogen (secondary N) is 1. The summed E-state index contributed by atoms with van der Waals surface area (Å²) in [6, 6.07) is 4.42. The van der Waals surface area contributed by atoms with Crippen LogP contribution in [0.25, 0.3) is 0 Å². The van der Waals surface area contributed by atoms with Gasteiger partial charge < -0.3 is 5.32 Å². The first-order valence-corrected chi connectivity index (χ1v) is 5.82. The van der Waals surface area contributed by atoms with Crippen LogP contribution in [0.3, 0.4) is 0 Å². The highest BCUT2D eigenvalue weighted by molar-refractivity contribution is 9.10. The minimum atomic E-state index is -0.431. The topological polar surface area (TPSA) is 29.1 Å². The van der Waals surface area contributed by atoms with Crippen molar-refractivity contribution in [1.82, 2.24) is 5.32 Å². The molecule has 0 aromatic heterocycles. The van der Waals surface area contributed by atoms with Crippen LogP contribution in [-0.4, -0.2) is 5.91 Å². The van der Waals surface area contributed by atoms with Gasteiger partial charge in [0.2, 0.25) is 5.91 Å². The Hall–Kier alpha value is -0.900. The Balaban J connectivity index is 2.68. The molecule has 1 amide bonds. The second-order valence-electron chi connectivity index (χ2n) is 4.67. The third-order valence-electron chi connectivity index (χ3n) is 2.13. The van der Waals surface area contributed by atoms with E-state index in [9.17, 15) is 9.18 Å². The Morgan fingerprint density at radius 2 is 2.06 bits per heavy atom. The molecular formula is C12H15BrFNO. The van der Waals surface area contributed by atoms with Gasteiger partial charge in [0.15, 0.2) is 0 Å². The summed E-state index contributed by atoms with van der Waals surface area (Å²) in [6.45, 7) is 5.84. The molecule has 88 valence electrons. The van der Waals surface area contributed by atoms with Gasteiger partial charge >= 0.3 is 0 Å². The summed E-state index contributed by atoms with van der Waals surface area (Å²) < 4.78 is 13.8. The van der Waals surface area contributed by atoms with Gasteiger partial charge in [0.05, 0.1) is 0 Å². The molecular weight excluding hydrogens is 273 g/mol. The molecule has 0 saturated heterocycles. The molecule has 1 aromatic rings. The number of amides is 1. The van der Waals surface area contributed by atoms with Crippen LogP contribution in [0.2, 0.25) is 0 Å². The summed E-state index contributed by atoms with van der Waals surface area (Å²) in [4.78, 5) is 11.6. The second-order valence-corrected chi connectivity index (χ2v) is 5.52. The second kappa shape index (κ2) is 4.95. The van der Waals surface area contributed by atoms with Crippen LogP contribution in [0.15, 0.2) is 22.7 Å². The summed E-state index contributed by atoms with van der Waals surface area (Å²) in [7, 11) is 0. The van der Waals surface area contributed by atoms with E-state index < -0.39 is 5.41 Å². The van der Waals surface area contributed by atoms with Crippen LogP contribution < -0.4 is 5.32 Å². The van der Waals surface area contributed by atoms with Gasteiger partial charge in [-0.05, 0) is 23.8 Å². The normalized spacial score (nSPS) is 11.3. The molecule has 0 saturated carbocycles. The van der Waals surface area contributed by atoms with Crippen molar-refractivity contribution in [2.75, 3.05) is 0 Å². The molecule has 4 heteroatoms. The van der Waals surface area contributed by atoms with Crippen LogP contribution in [0, 0.1) is 11.2 Å². The van der Waals surface area contributed by atoms with Gasteiger partial charge in [0, 0.05) is 16.4 Å². The maximum atomic E-state index is 13.0. The molecule has 2 nitrogen and oxygen atoms in total. The van der Waals surface area contributed by atoms with E-state index in [0.717, 1.165) is 10.0 Å². The van der Waals surface area contributed by atoms with Gasteiger partial charge in [-0.2, -0.15) is 0 Å². The predicted molar refractivity (Wildman–Crippen MR) is 65.4 cm³/mol.